The Morgan fingerprint density at radius 3 is 2.95 bits per heavy atom. The van der Waals surface area contributed by atoms with Gasteiger partial charge in [-0.15, -0.1) is 0 Å². The molecule has 0 radical (unpaired) electrons. The molecule has 1 unspecified atom stereocenters. The summed E-state index contributed by atoms with van der Waals surface area (Å²) < 4.78 is 10.7. The highest BCUT2D eigenvalue weighted by Gasteiger charge is 2.35. The molecule has 2 fully saturated rings. The molecule has 5 nitrogen and oxygen atoms in total. The van der Waals surface area contributed by atoms with Crippen molar-refractivity contribution >= 4 is 5.91 Å². The Bertz CT molecular complexity index is 613. The topological polar surface area (TPSA) is 59.5 Å². The smallest absolute Gasteiger partial charge is 0.276 e. The van der Waals surface area contributed by atoms with Crippen molar-refractivity contribution in [2.45, 2.75) is 37.6 Å². The minimum Gasteiger partial charge on any atom is -0.467 e. The van der Waals surface area contributed by atoms with Crippen molar-refractivity contribution in [3.8, 4) is 0 Å². The van der Waals surface area contributed by atoms with Crippen molar-refractivity contribution in [1.82, 2.24) is 10.1 Å². The van der Waals surface area contributed by atoms with Crippen LogP contribution in [-0.4, -0.2) is 22.5 Å². The zero-order chi connectivity index (χ0) is 13.5. The molecule has 1 amide bonds. The monoisotopic (exact) mass is 272 g/mol. The van der Waals surface area contributed by atoms with Crippen LogP contribution in [0.4, 0.5) is 0 Å². The maximum absolute atomic E-state index is 12.6. The minimum absolute atomic E-state index is 0.0265. The number of likely N-dealkylation sites (tertiary alicyclic amines) is 1. The van der Waals surface area contributed by atoms with Gasteiger partial charge in [0.25, 0.3) is 5.91 Å². The highest BCUT2D eigenvalue weighted by Crippen LogP contribution is 2.40. The molecule has 0 aromatic carbocycles. The predicted molar refractivity (Wildman–Crippen MR) is 70.2 cm³/mol. The lowest BCUT2D eigenvalue weighted by molar-refractivity contribution is 0.0709. The Morgan fingerprint density at radius 2 is 2.20 bits per heavy atom. The summed E-state index contributed by atoms with van der Waals surface area (Å²) in [6, 6.07) is 5.61. The van der Waals surface area contributed by atoms with Crippen molar-refractivity contribution < 1.29 is 13.7 Å². The van der Waals surface area contributed by atoms with Gasteiger partial charge in [0, 0.05) is 18.5 Å². The van der Waals surface area contributed by atoms with Crippen molar-refractivity contribution in [2.75, 3.05) is 6.54 Å². The normalized spacial score (nSPS) is 22.4. The summed E-state index contributed by atoms with van der Waals surface area (Å²) in [7, 11) is 0. The molecule has 0 spiro atoms. The van der Waals surface area contributed by atoms with E-state index in [4.69, 9.17) is 8.94 Å². The fourth-order valence-electron chi connectivity index (χ4n) is 2.88. The number of carbonyl (C=O) groups is 1. The first kappa shape index (κ1) is 11.8. The lowest BCUT2D eigenvalue weighted by Gasteiger charge is -2.21. The summed E-state index contributed by atoms with van der Waals surface area (Å²) >= 11 is 0. The average molecular weight is 272 g/mol. The molecule has 5 heteroatoms. The minimum atomic E-state index is -0.0560. The van der Waals surface area contributed by atoms with Gasteiger partial charge in [0.2, 0.25) is 0 Å². The zero-order valence-corrected chi connectivity index (χ0v) is 11.1. The van der Waals surface area contributed by atoms with Crippen LogP contribution in [0.25, 0.3) is 0 Å². The van der Waals surface area contributed by atoms with Gasteiger partial charge in [-0.05, 0) is 37.8 Å². The van der Waals surface area contributed by atoms with Crippen LogP contribution >= 0.6 is 0 Å². The van der Waals surface area contributed by atoms with Gasteiger partial charge >= 0.3 is 0 Å². The summed E-state index contributed by atoms with van der Waals surface area (Å²) in [6.45, 7) is 0.746. The summed E-state index contributed by atoms with van der Waals surface area (Å²) in [5.74, 6) is 2.12. The maximum Gasteiger partial charge on any atom is 0.276 e. The molecule has 2 aromatic rings. The highest BCUT2D eigenvalue weighted by atomic mass is 16.5. The Balaban J connectivity index is 1.57. The van der Waals surface area contributed by atoms with Crippen molar-refractivity contribution in [1.29, 1.82) is 0 Å². The SMILES string of the molecule is O=C(c1cc(C2CC2)on1)N1CCCC1c1ccco1. The fraction of sp³-hybridized carbons (Fsp3) is 0.467. The third-order valence-corrected chi connectivity index (χ3v) is 4.11. The molecule has 20 heavy (non-hydrogen) atoms. The number of amides is 1. The van der Waals surface area contributed by atoms with Crippen LogP contribution in [0, 0.1) is 0 Å². The molecule has 1 saturated carbocycles. The van der Waals surface area contributed by atoms with E-state index in [1.54, 1.807) is 12.3 Å². The molecule has 2 aliphatic rings. The highest BCUT2D eigenvalue weighted by molar-refractivity contribution is 5.92. The average Bonchev–Trinajstić information content (AvgIpc) is 2.96. The van der Waals surface area contributed by atoms with Gasteiger partial charge in [-0.25, -0.2) is 0 Å². The van der Waals surface area contributed by atoms with Gasteiger partial charge in [0.1, 0.15) is 11.5 Å². The summed E-state index contributed by atoms with van der Waals surface area (Å²) in [5, 5.41) is 3.94. The quantitative estimate of drug-likeness (QED) is 0.861. The second-order valence-electron chi connectivity index (χ2n) is 5.56. The third kappa shape index (κ3) is 1.94. The molecule has 0 bridgehead atoms. The van der Waals surface area contributed by atoms with Crippen LogP contribution in [0.3, 0.4) is 0 Å². The van der Waals surface area contributed by atoms with E-state index >= 15 is 0 Å². The Kier molecular flexibility index (Phi) is 2.65. The largest absolute Gasteiger partial charge is 0.467 e. The van der Waals surface area contributed by atoms with E-state index in [1.165, 1.54) is 0 Å². The first-order valence-corrected chi connectivity index (χ1v) is 7.14. The number of nitrogens with zero attached hydrogens (tertiary/aromatic N) is 2. The molecule has 1 aliphatic heterocycles. The van der Waals surface area contributed by atoms with Gasteiger partial charge in [-0.1, -0.05) is 5.16 Å². The van der Waals surface area contributed by atoms with E-state index in [1.807, 2.05) is 17.0 Å². The van der Waals surface area contributed by atoms with E-state index in [9.17, 15) is 4.79 Å². The van der Waals surface area contributed by atoms with E-state index < -0.39 is 0 Å². The van der Waals surface area contributed by atoms with Crippen molar-refractivity contribution in [3.63, 3.8) is 0 Å². The van der Waals surface area contributed by atoms with Gasteiger partial charge in [-0.3, -0.25) is 4.79 Å². The molecule has 3 heterocycles. The summed E-state index contributed by atoms with van der Waals surface area (Å²) in [6.07, 6.45) is 5.86. The molecule has 104 valence electrons. The Morgan fingerprint density at radius 1 is 1.30 bits per heavy atom. The Labute approximate surface area is 116 Å². The van der Waals surface area contributed by atoms with Gasteiger partial charge in [0.05, 0.1) is 12.3 Å². The zero-order valence-electron chi connectivity index (χ0n) is 11.1. The van der Waals surface area contributed by atoms with E-state index in [0.29, 0.717) is 11.6 Å². The Hall–Kier alpha value is -2.04. The fourth-order valence-corrected chi connectivity index (χ4v) is 2.88. The molecule has 0 N–H and O–H groups in total. The summed E-state index contributed by atoms with van der Waals surface area (Å²) in [5.41, 5.74) is 0.422. The number of aromatic nitrogens is 1. The van der Waals surface area contributed by atoms with E-state index in [2.05, 4.69) is 5.16 Å². The van der Waals surface area contributed by atoms with Crippen LogP contribution in [0.2, 0.25) is 0 Å². The van der Waals surface area contributed by atoms with Gasteiger partial charge in [0.15, 0.2) is 5.69 Å². The predicted octanol–water partition coefficient (Wildman–Crippen LogP) is 3.12. The number of hydrogen-bond acceptors (Lipinski definition) is 4. The molecule has 1 atom stereocenters. The summed E-state index contributed by atoms with van der Waals surface area (Å²) in [4.78, 5) is 14.4. The molecule has 4 rings (SSSR count). The molecule has 1 aliphatic carbocycles. The number of hydrogen-bond donors (Lipinski definition) is 0. The molecular weight excluding hydrogens is 256 g/mol. The number of rotatable bonds is 3. The van der Waals surface area contributed by atoms with Crippen LogP contribution < -0.4 is 0 Å². The van der Waals surface area contributed by atoms with Gasteiger partial charge in [-0.2, -0.15) is 0 Å². The second kappa shape index (κ2) is 4.51. The molecule has 1 saturated heterocycles. The standard InChI is InChI=1S/C15H16N2O3/c18-15(11-9-14(20-16-11)10-5-6-10)17-7-1-3-12(17)13-4-2-8-19-13/h2,4,8-10,12H,1,3,5-7H2. The van der Waals surface area contributed by atoms with Crippen LogP contribution in [-0.2, 0) is 0 Å². The van der Waals surface area contributed by atoms with E-state index in [0.717, 1.165) is 43.7 Å². The first-order valence-electron chi connectivity index (χ1n) is 7.14. The lowest BCUT2D eigenvalue weighted by atomic mass is 10.1. The van der Waals surface area contributed by atoms with E-state index in [-0.39, 0.29) is 11.9 Å². The van der Waals surface area contributed by atoms with Crippen LogP contribution in [0.5, 0.6) is 0 Å². The second-order valence-corrected chi connectivity index (χ2v) is 5.56. The van der Waals surface area contributed by atoms with Crippen LogP contribution in [0.15, 0.2) is 33.4 Å². The van der Waals surface area contributed by atoms with Crippen LogP contribution in [0.1, 0.15) is 59.7 Å². The molecule has 2 aromatic heterocycles. The van der Waals surface area contributed by atoms with Gasteiger partial charge < -0.3 is 13.8 Å². The number of carbonyl (C=O) groups excluding carboxylic acids is 1. The lowest BCUT2D eigenvalue weighted by Crippen LogP contribution is -2.30. The number of furan rings is 1. The maximum atomic E-state index is 12.6. The third-order valence-electron chi connectivity index (χ3n) is 4.11. The van der Waals surface area contributed by atoms with Crippen molar-refractivity contribution in [2.24, 2.45) is 0 Å². The van der Waals surface area contributed by atoms with Crippen molar-refractivity contribution in [3.05, 3.63) is 41.7 Å². The first-order chi connectivity index (χ1) is 9.83. The molecular formula is C15H16N2O3.